The quantitative estimate of drug-likeness (QED) is 0.215. The molecule has 0 aromatic heterocycles. The van der Waals surface area contributed by atoms with Crippen LogP contribution >= 0.6 is 0 Å². The topological polar surface area (TPSA) is 74.8 Å². The lowest BCUT2D eigenvalue weighted by Crippen LogP contribution is -2.36. The Balaban J connectivity index is 1.77. The monoisotopic (exact) mass is 416 g/mol. The number of nitrogens with zero attached hydrogens (tertiary/aromatic N) is 2. The summed E-state index contributed by atoms with van der Waals surface area (Å²) in [5, 5.41) is 6.28. The van der Waals surface area contributed by atoms with Gasteiger partial charge >= 0.3 is 0 Å². The number of rotatable bonds is 0. The molecule has 0 saturated heterocycles. The molecule has 0 aliphatic carbocycles. The van der Waals surface area contributed by atoms with Gasteiger partial charge < -0.3 is 0 Å². The van der Waals surface area contributed by atoms with Gasteiger partial charge in [-0.2, -0.15) is 0 Å². The zero-order valence-corrected chi connectivity index (χ0v) is 16.7. The summed E-state index contributed by atoms with van der Waals surface area (Å²) in [6.07, 6.45) is 0. The summed E-state index contributed by atoms with van der Waals surface area (Å²) in [4.78, 5) is 52.9. The van der Waals surface area contributed by atoms with Gasteiger partial charge in [-0.1, -0.05) is 24.3 Å². The van der Waals surface area contributed by atoms with Gasteiger partial charge in [0.25, 0.3) is 23.6 Å². The molecule has 7 rings (SSSR count). The zero-order valence-electron chi connectivity index (χ0n) is 16.7. The first-order valence-electron chi connectivity index (χ1n) is 10.1. The van der Waals surface area contributed by atoms with E-state index >= 15 is 0 Å². The molecule has 5 aromatic carbocycles. The molecule has 0 unspecified atom stereocenters. The SMILES string of the molecule is [CH]N1C(=O)c2ccc3c4ccc5c6c(ccc(c7ccc(c2c37)C1=O)c64)C(=O)N(C)C5=O. The Morgan fingerprint density at radius 2 is 0.812 bits per heavy atom. The van der Waals surface area contributed by atoms with Crippen molar-refractivity contribution in [3.8, 4) is 0 Å². The van der Waals surface area contributed by atoms with E-state index in [4.69, 9.17) is 7.05 Å². The van der Waals surface area contributed by atoms with Gasteiger partial charge in [0.1, 0.15) is 0 Å². The van der Waals surface area contributed by atoms with Crippen LogP contribution in [0.5, 0.6) is 0 Å². The van der Waals surface area contributed by atoms with Crippen molar-refractivity contribution >= 4 is 66.7 Å². The van der Waals surface area contributed by atoms with Gasteiger partial charge in [-0.3, -0.25) is 29.0 Å². The second kappa shape index (κ2) is 5.29. The highest BCUT2D eigenvalue weighted by molar-refractivity contribution is 6.41. The van der Waals surface area contributed by atoms with Crippen LogP contribution in [0.25, 0.3) is 43.1 Å². The average molecular weight is 416 g/mol. The van der Waals surface area contributed by atoms with Crippen LogP contribution in [0.3, 0.4) is 0 Å². The van der Waals surface area contributed by atoms with Gasteiger partial charge in [-0.15, -0.1) is 0 Å². The van der Waals surface area contributed by atoms with Gasteiger partial charge in [0.15, 0.2) is 0 Å². The Morgan fingerprint density at radius 1 is 0.500 bits per heavy atom. The molecule has 0 saturated carbocycles. The van der Waals surface area contributed by atoms with Crippen molar-refractivity contribution in [2.75, 3.05) is 7.05 Å². The average Bonchev–Trinajstić information content (AvgIpc) is 2.82. The molecular weight excluding hydrogens is 404 g/mol. The number of fused-ring (bicyclic) bond motifs is 2. The molecule has 150 valence electrons. The summed E-state index contributed by atoms with van der Waals surface area (Å²) >= 11 is 0. The maximum atomic E-state index is 12.8. The van der Waals surface area contributed by atoms with Gasteiger partial charge in [-0.25, -0.2) is 0 Å². The fourth-order valence-electron chi connectivity index (χ4n) is 5.41. The van der Waals surface area contributed by atoms with Crippen molar-refractivity contribution in [3.05, 3.63) is 77.8 Å². The van der Waals surface area contributed by atoms with E-state index in [-0.39, 0.29) is 11.8 Å². The second-order valence-corrected chi connectivity index (χ2v) is 8.29. The van der Waals surface area contributed by atoms with Crippen molar-refractivity contribution in [3.63, 3.8) is 0 Å². The van der Waals surface area contributed by atoms with Crippen LogP contribution < -0.4 is 0 Å². The highest BCUT2D eigenvalue weighted by Gasteiger charge is 2.34. The molecule has 0 spiro atoms. The van der Waals surface area contributed by atoms with Crippen LogP contribution in [0.15, 0.2) is 48.5 Å². The summed E-state index contributed by atoms with van der Waals surface area (Å²) in [5.74, 6) is -1.74. The molecule has 6 heteroatoms. The molecule has 2 heterocycles. The van der Waals surface area contributed by atoms with E-state index in [1.165, 1.54) is 7.05 Å². The van der Waals surface area contributed by atoms with Crippen molar-refractivity contribution in [2.45, 2.75) is 0 Å². The van der Waals surface area contributed by atoms with Crippen molar-refractivity contribution in [2.24, 2.45) is 0 Å². The number of hydrogen-bond donors (Lipinski definition) is 0. The molecule has 2 radical (unpaired) electrons. The fraction of sp³-hybridized carbons (Fsp3) is 0.0385. The maximum Gasteiger partial charge on any atom is 0.261 e. The largest absolute Gasteiger partial charge is 0.277 e. The summed E-state index contributed by atoms with van der Waals surface area (Å²) in [6, 6.07) is 14.3. The Morgan fingerprint density at radius 3 is 1.16 bits per heavy atom. The molecule has 6 nitrogen and oxygen atoms in total. The van der Waals surface area contributed by atoms with E-state index in [0.29, 0.717) is 37.9 Å². The van der Waals surface area contributed by atoms with Crippen LogP contribution in [0.2, 0.25) is 0 Å². The second-order valence-electron chi connectivity index (χ2n) is 8.29. The molecule has 32 heavy (non-hydrogen) atoms. The summed E-state index contributed by atoms with van der Waals surface area (Å²) < 4.78 is 0. The van der Waals surface area contributed by atoms with E-state index in [2.05, 4.69) is 0 Å². The first kappa shape index (κ1) is 17.4. The normalized spacial score (nSPS) is 15.9. The summed E-state index contributed by atoms with van der Waals surface area (Å²) in [5.41, 5.74) is 1.73. The first-order valence-corrected chi connectivity index (χ1v) is 10.1. The molecule has 5 aromatic rings. The first-order chi connectivity index (χ1) is 15.4. The molecule has 0 bridgehead atoms. The highest BCUT2D eigenvalue weighted by atomic mass is 16.2. The maximum absolute atomic E-state index is 12.8. The standard InChI is InChI=1S/C26H12N2O4/c1-27-23(29)15-7-3-11-13-5-9-17-22-18(26(32)28(2)25(17)31)10-6-14(20(13)22)12-4-8-16(24(27)30)21(15)19(11)12/h1,3-10H,2H3. The van der Waals surface area contributed by atoms with Crippen LogP contribution in [-0.2, 0) is 0 Å². The summed E-state index contributed by atoms with van der Waals surface area (Å²) in [7, 11) is 7.22. The van der Waals surface area contributed by atoms with Crippen LogP contribution in [-0.4, -0.2) is 40.5 Å². The molecule has 0 atom stereocenters. The lowest BCUT2D eigenvalue weighted by Gasteiger charge is -2.27. The van der Waals surface area contributed by atoms with Crippen LogP contribution in [0.1, 0.15) is 41.4 Å². The molecule has 2 aliphatic heterocycles. The number of carbonyl (C=O) groups excluding carboxylic acids is 4. The minimum absolute atomic E-state index is 0.332. The minimum atomic E-state index is -0.540. The van der Waals surface area contributed by atoms with Gasteiger partial charge in [0.2, 0.25) is 0 Å². The Labute approximate surface area is 180 Å². The van der Waals surface area contributed by atoms with Crippen molar-refractivity contribution < 1.29 is 19.2 Å². The van der Waals surface area contributed by atoms with Gasteiger partial charge in [0, 0.05) is 40.1 Å². The predicted octanol–water partition coefficient (Wildman–Crippen LogP) is 4.23. The highest BCUT2D eigenvalue weighted by Crippen LogP contribution is 2.45. The predicted molar refractivity (Wildman–Crippen MR) is 119 cm³/mol. The van der Waals surface area contributed by atoms with E-state index < -0.39 is 11.8 Å². The molecule has 4 amide bonds. The Hall–Kier alpha value is -4.32. The fourth-order valence-corrected chi connectivity index (χ4v) is 5.41. The number of hydrogen-bond acceptors (Lipinski definition) is 4. The summed E-state index contributed by atoms with van der Waals surface area (Å²) in [6.45, 7) is 0. The zero-order chi connectivity index (χ0) is 22.0. The third-order valence-electron chi connectivity index (χ3n) is 6.87. The smallest absolute Gasteiger partial charge is 0.261 e. The van der Waals surface area contributed by atoms with E-state index in [1.54, 1.807) is 24.3 Å². The lowest BCUT2D eigenvalue weighted by atomic mass is 9.82. The molecule has 0 N–H and O–H groups in total. The van der Waals surface area contributed by atoms with E-state index in [0.717, 1.165) is 37.2 Å². The minimum Gasteiger partial charge on any atom is -0.277 e. The molecular formula is C26H12N2O4. The third-order valence-corrected chi connectivity index (χ3v) is 6.87. The molecule has 2 aliphatic rings. The van der Waals surface area contributed by atoms with E-state index in [1.807, 2.05) is 24.3 Å². The number of amides is 4. The molecule has 0 fully saturated rings. The van der Waals surface area contributed by atoms with Crippen LogP contribution in [0, 0.1) is 7.05 Å². The third kappa shape index (κ3) is 1.71. The van der Waals surface area contributed by atoms with Crippen molar-refractivity contribution in [1.29, 1.82) is 0 Å². The Kier molecular flexibility index (Phi) is 2.87. The number of carbonyl (C=O) groups is 4. The Bertz CT molecular complexity index is 1530. The van der Waals surface area contributed by atoms with Crippen molar-refractivity contribution in [1.82, 2.24) is 9.80 Å². The van der Waals surface area contributed by atoms with E-state index in [9.17, 15) is 19.2 Å². The number of benzene rings is 5. The lowest BCUT2D eigenvalue weighted by molar-refractivity contribution is 0.0643. The van der Waals surface area contributed by atoms with Gasteiger partial charge in [0.05, 0.1) is 7.05 Å². The van der Waals surface area contributed by atoms with Crippen LogP contribution in [0.4, 0.5) is 0 Å². The van der Waals surface area contributed by atoms with Gasteiger partial charge in [-0.05, 0) is 56.6 Å². The number of imide groups is 2.